The Morgan fingerprint density at radius 2 is 2.21 bits per heavy atom. The lowest BCUT2D eigenvalue weighted by Crippen LogP contribution is -2.26. The fourth-order valence-electron chi connectivity index (χ4n) is 2.06. The van der Waals surface area contributed by atoms with Crippen LogP contribution in [0.15, 0.2) is 24.5 Å². The predicted octanol–water partition coefficient (Wildman–Crippen LogP) is 3.06. The van der Waals surface area contributed by atoms with Gasteiger partial charge in [-0.3, -0.25) is 4.98 Å². The fourth-order valence-corrected chi connectivity index (χ4v) is 2.06. The van der Waals surface area contributed by atoms with Crippen molar-refractivity contribution in [3.63, 3.8) is 0 Å². The molecule has 0 aliphatic carbocycles. The van der Waals surface area contributed by atoms with Crippen molar-refractivity contribution in [1.29, 1.82) is 0 Å². The number of aromatic nitrogens is 1. The van der Waals surface area contributed by atoms with Crippen LogP contribution < -0.4 is 5.32 Å². The molecule has 1 aromatic rings. The zero-order valence-corrected chi connectivity index (χ0v) is 12.4. The van der Waals surface area contributed by atoms with Gasteiger partial charge in [-0.2, -0.15) is 0 Å². The molecule has 1 rings (SSSR count). The maximum Gasteiger partial charge on any atom is 0.0590 e. The van der Waals surface area contributed by atoms with E-state index in [1.165, 1.54) is 18.4 Å². The van der Waals surface area contributed by atoms with E-state index in [1.54, 1.807) is 0 Å². The van der Waals surface area contributed by atoms with Gasteiger partial charge >= 0.3 is 0 Å². The molecule has 1 atom stereocenters. The Bertz CT molecular complexity index is 303. The summed E-state index contributed by atoms with van der Waals surface area (Å²) in [4.78, 5) is 4.16. The molecule has 1 heterocycles. The third-order valence-electron chi connectivity index (χ3n) is 3.35. The Morgan fingerprint density at radius 1 is 1.32 bits per heavy atom. The summed E-state index contributed by atoms with van der Waals surface area (Å²) in [6, 6.07) is 4.17. The SMILES string of the molecule is CCCOCCNCC(CC)CCc1cccnc1. The van der Waals surface area contributed by atoms with E-state index < -0.39 is 0 Å². The van der Waals surface area contributed by atoms with Gasteiger partial charge < -0.3 is 10.1 Å². The molecule has 1 aromatic heterocycles. The van der Waals surface area contributed by atoms with Gasteiger partial charge in [-0.25, -0.2) is 0 Å². The standard InChI is InChI=1S/C16H28N2O/c1-3-11-19-12-10-18-13-15(4-2)7-8-16-6-5-9-17-14-16/h5-6,9,14-15,18H,3-4,7-8,10-13H2,1-2H3. The van der Waals surface area contributed by atoms with Gasteiger partial charge in [0, 0.05) is 25.5 Å². The summed E-state index contributed by atoms with van der Waals surface area (Å²) in [7, 11) is 0. The third-order valence-corrected chi connectivity index (χ3v) is 3.35. The Morgan fingerprint density at radius 3 is 2.89 bits per heavy atom. The van der Waals surface area contributed by atoms with Crippen molar-refractivity contribution in [2.45, 2.75) is 39.5 Å². The van der Waals surface area contributed by atoms with Crippen molar-refractivity contribution < 1.29 is 4.74 Å². The van der Waals surface area contributed by atoms with E-state index in [1.807, 2.05) is 18.5 Å². The van der Waals surface area contributed by atoms with Crippen LogP contribution in [0.2, 0.25) is 0 Å². The Hall–Kier alpha value is -0.930. The Labute approximate surface area is 117 Å². The largest absolute Gasteiger partial charge is 0.380 e. The van der Waals surface area contributed by atoms with Crippen LogP contribution in [-0.2, 0) is 11.2 Å². The van der Waals surface area contributed by atoms with Crippen LogP contribution in [-0.4, -0.2) is 31.3 Å². The molecular formula is C16H28N2O. The first-order valence-electron chi connectivity index (χ1n) is 7.54. The van der Waals surface area contributed by atoms with Crippen LogP contribution in [0.5, 0.6) is 0 Å². The number of nitrogens with zero attached hydrogens (tertiary/aromatic N) is 1. The first-order chi connectivity index (χ1) is 9.36. The lowest BCUT2D eigenvalue weighted by molar-refractivity contribution is 0.135. The van der Waals surface area contributed by atoms with Crippen molar-refractivity contribution in [3.05, 3.63) is 30.1 Å². The van der Waals surface area contributed by atoms with Crippen LogP contribution >= 0.6 is 0 Å². The highest BCUT2D eigenvalue weighted by Gasteiger charge is 2.06. The molecule has 0 saturated carbocycles. The fraction of sp³-hybridized carbons (Fsp3) is 0.688. The number of aryl methyl sites for hydroxylation is 1. The second kappa shape index (κ2) is 10.9. The predicted molar refractivity (Wildman–Crippen MR) is 80.3 cm³/mol. The van der Waals surface area contributed by atoms with E-state index >= 15 is 0 Å². The number of ether oxygens (including phenoxy) is 1. The second-order valence-electron chi connectivity index (χ2n) is 4.99. The highest BCUT2D eigenvalue weighted by molar-refractivity contribution is 5.08. The van der Waals surface area contributed by atoms with Crippen molar-refractivity contribution in [2.24, 2.45) is 5.92 Å². The normalized spacial score (nSPS) is 12.5. The molecule has 3 nitrogen and oxygen atoms in total. The number of rotatable bonds is 11. The quantitative estimate of drug-likeness (QED) is 0.624. The first-order valence-corrected chi connectivity index (χ1v) is 7.54. The molecule has 19 heavy (non-hydrogen) atoms. The van der Waals surface area contributed by atoms with Crippen LogP contribution in [0, 0.1) is 5.92 Å². The van der Waals surface area contributed by atoms with Crippen molar-refractivity contribution in [3.8, 4) is 0 Å². The number of nitrogens with one attached hydrogen (secondary N) is 1. The third kappa shape index (κ3) is 7.96. The molecular weight excluding hydrogens is 236 g/mol. The highest BCUT2D eigenvalue weighted by Crippen LogP contribution is 2.11. The lowest BCUT2D eigenvalue weighted by atomic mass is 9.98. The monoisotopic (exact) mass is 264 g/mol. The highest BCUT2D eigenvalue weighted by atomic mass is 16.5. The topological polar surface area (TPSA) is 34.1 Å². The molecule has 0 bridgehead atoms. The van der Waals surface area contributed by atoms with E-state index in [0.717, 1.165) is 45.1 Å². The van der Waals surface area contributed by atoms with Gasteiger partial charge in [0.25, 0.3) is 0 Å². The molecule has 3 heteroatoms. The van der Waals surface area contributed by atoms with Gasteiger partial charge in [0.05, 0.1) is 6.61 Å². The minimum atomic E-state index is 0.742. The van der Waals surface area contributed by atoms with Gasteiger partial charge in [0.1, 0.15) is 0 Å². The lowest BCUT2D eigenvalue weighted by Gasteiger charge is -2.15. The van der Waals surface area contributed by atoms with Crippen LogP contribution in [0.3, 0.4) is 0 Å². The average Bonchev–Trinajstić information content (AvgIpc) is 2.47. The Balaban J connectivity index is 2.09. The van der Waals surface area contributed by atoms with E-state index in [2.05, 4.69) is 30.2 Å². The maximum absolute atomic E-state index is 5.46. The molecule has 1 N–H and O–H groups in total. The van der Waals surface area contributed by atoms with E-state index in [0.29, 0.717) is 0 Å². The van der Waals surface area contributed by atoms with Crippen LogP contribution in [0.4, 0.5) is 0 Å². The van der Waals surface area contributed by atoms with Gasteiger partial charge in [-0.1, -0.05) is 26.3 Å². The molecule has 0 aliphatic heterocycles. The van der Waals surface area contributed by atoms with Crippen molar-refractivity contribution in [1.82, 2.24) is 10.3 Å². The molecule has 0 saturated heterocycles. The number of hydrogen-bond acceptors (Lipinski definition) is 3. The zero-order valence-electron chi connectivity index (χ0n) is 12.4. The average molecular weight is 264 g/mol. The molecule has 1 unspecified atom stereocenters. The van der Waals surface area contributed by atoms with E-state index in [-0.39, 0.29) is 0 Å². The number of pyridine rings is 1. The molecule has 0 radical (unpaired) electrons. The minimum absolute atomic E-state index is 0.742. The first kappa shape index (κ1) is 16.1. The van der Waals surface area contributed by atoms with E-state index in [4.69, 9.17) is 4.74 Å². The molecule has 0 amide bonds. The summed E-state index contributed by atoms with van der Waals surface area (Å²) in [5.74, 6) is 0.742. The summed E-state index contributed by atoms with van der Waals surface area (Å²) in [5, 5.41) is 3.49. The molecule has 0 spiro atoms. The summed E-state index contributed by atoms with van der Waals surface area (Å²) in [6.45, 7) is 8.16. The summed E-state index contributed by atoms with van der Waals surface area (Å²) < 4.78 is 5.46. The second-order valence-corrected chi connectivity index (χ2v) is 4.99. The van der Waals surface area contributed by atoms with Crippen LogP contribution in [0.1, 0.15) is 38.7 Å². The minimum Gasteiger partial charge on any atom is -0.380 e. The smallest absolute Gasteiger partial charge is 0.0590 e. The summed E-state index contributed by atoms with van der Waals surface area (Å²) in [5.41, 5.74) is 1.34. The van der Waals surface area contributed by atoms with Gasteiger partial charge in [0.15, 0.2) is 0 Å². The van der Waals surface area contributed by atoms with Crippen molar-refractivity contribution in [2.75, 3.05) is 26.3 Å². The molecule has 0 fully saturated rings. The van der Waals surface area contributed by atoms with E-state index in [9.17, 15) is 0 Å². The zero-order chi connectivity index (χ0) is 13.8. The molecule has 108 valence electrons. The molecule has 0 aromatic carbocycles. The van der Waals surface area contributed by atoms with Gasteiger partial charge in [-0.05, 0) is 43.4 Å². The summed E-state index contributed by atoms with van der Waals surface area (Å²) >= 11 is 0. The summed E-state index contributed by atoms with van der Waals surface area (Å²) in [6.07, 6.45) is 8.48. The number of hydrogen-bond donors (Lipinski definition) is 1. The molecule has 0 aliphatic rings. The van der Waals surface area contributed by atoms with Gasteiger partial charge in [0.2, 0.25) is 0 Å². The maximum atomic E-state index is 5.46. The Kier molecular flexibility index (Phi) is 9.29. The van der Waals surface area contributed by atoms with Crippen LogP contribution in [0.25, 0.3) is 0 Å². The van der Waals surface area contributed by atoms with Gasteiger partial charge in [-0.15, -0.1) is 0 Å². The van der Waals surface area contributed by atoms with Crippen molar-refractivity contribution >= 4 is 0 Å².